The Kier molecular flexibility index (Phi) is 6.52. The van der Waals surface area contributed by atoms with Crippen LogP contribution in [0.25, 0.3) is 16.8 Å². The summed E-state index contributed by atoms with van der Waals surface area (Å²) in [6.07, 6.45) is 4.54. The highest BCUT2D eigenvalue weighted by Gasteiger charge is 2.60. The number of nitrogens with one attached hydrogen (secondary N) is 1. The number of aromatic nitrogens is 4. The number of pyridine rings is 1. The lowest BCUT2D eigenvalue weighted by atomic mass is 9.91. The molecule has 1 spiro atoms. The van der Waals surface area contributed by atoms with Gasteiger partial charge >= 0.3 is 6.18 Å². The number of rotatable bonds is 6. The number of carbonyl (C=O) groups excluding carboxylic acids is 2. The molecule has 3 aliphatic rings. The predicted octanol–water partition coefficient (Wildman–Crippen LogP) is 5.30. The third kappa shape index (κ3) is 4.70. The molecule has 10 nitrogen and oxygen atoms in total. The molecule has 5 heterocycles. The molecule has 1 aliphatic carbocycles. The average molecular weight is 606 g/mol. The number of piperidine rings is 1. The molecule has 4 aromatic rings. The predicted molar refractivity (Wildman–Crippen MR) is 155 cm³/mol. The van der Waals surface area contributed by atoms with Crippen LogP contribution in [0.4, 0.5) is 24.8 Å². The van der Waals surface area contributed by atoms with Crippen molar-refractivity contribution in [3.05, 3.63) is 65.9 Å². The highest BCUT2D eigenvalue weighted by atomic mass is 19.4. The third-order valence-electron chi connectivity index (χ3n) is 9.00. The number of amides is 2. The van der Waals surface area contributed by atoms with E-state index in [1.165, 1.54) is 6.07 Å². The molecule has 2 amide bonds. The van der Waals surface area contributed by atoms with Gasteiger partial charge in [-0.05, 0) is 69.4 Å². The number of imidazole rings is 1. The summed E-state index contributed by atoms with van der Waals surface area (Å²) in [5, 5.41) is 2.43. The molecule has 3 N–H and O–H groups in total. The van der Waals surface area contributed by atoms with E-state index in [0.29, 0.717) is 29.1 Å². The molecule has 2 saturated heterocycles. The maximum atomic E-state index is 13.2. The van der Waals surface area contributed by atoms with Gasteiger partial charge in [0.1, 0.15) is 34.4 Å². The summed E-state index contributed by atoms with van der Waals surface area (Å²) in [6.45, 7) is 2.67. The zero-order chi connectivity index (χ0) is 30.8. The van der Waals surface area contributed by atoms with E-state index in [9.17, 15) is 22.8 Å². The number of fused-ring (bicyclic) bond motifs is 2. The van der Waals surface area contributed by atoms with E-state index in [1.54, 1.807) is 25.3 Å². The summed E-state index contributed by atoms with van der Waals surface area (Å²) in [4.78, 5) is 41.5. The van der Waals surface area contributed by atoms with Crippen LogP contribution in [0.1, 0.15) is 66.7 Å². The first-order chi connectivity index (χ1) is 21.1. The van der Waals surface area contributed by atoms with Gasteiger partial charge < -0.3 is 20.7 Å². The van der Waals surface area contributed by atoms with Crippen molar-refractivity contribution in [1.29, 1.82) is 0 Å². The van der Waals surface area contributed by atoms with E-state index < -0.39 is 17.6 Å². The molecule has 3 aromatic heterocycles. The summed E-state index contributed by atoms with van der Waals surface area (Å²) < 4.78 is 47.3. The molecule has 2 aliphatic heterocycles. The number of nitrogen functional groups attached to an aromatic ring is 1. The monoisotopic (exact) mass is 605 g/mol. The molecule has 1 aromatic carbocycles. The zero-order valence-corrected chi connectivity index (χ0v) is 23.9. The summed E-state index contributed by atoms with van der Waals surface area (Å²) in [6, 6.07) is 6.63. The fraction of sp³-hybridized carbons (Fsp3) is 0.387. The van der Waals surface area contributed by atoms with Crippen LogP contribution in [0.15, 0.2) is 48.9 Å². The second-order valence-electron chi connectivity index (χ2n) is 11.7. The first-order valence-electron chi connectivity index (χ1n) is 14.6. The SMILES string of the molecule is CCOc1cc(C(=O)Nc2cc(C(F)(F)F)ccn2)ccc1-c1nc([C@H]2CC[C@@H]3CC4(CC4)C(=O)N3C2)n2ccnc(N)c12. The smallest absolute Gasteiger partial charge is 0.416 e. The fourth-order valence-electron chi connectivity index (χ4n) is 6.67. The van der Waals surface area contributed by atoms with Crippen LogP contribution in [0.5, 0.6) is 5.75 Å². The number of carbonyl (C=O) groups is 2. The summed E-state index contributed by atoms with van der Waals surface area (Å²) in [7, 11) is 0. The van der Waals surface area contributed by atoms with E-state index >= 15 is 0 Å². The Hall–Kier alpha value is -4.68. The van der Waals surface area contributed by atoms with Crippen molar-refractivity contribution >= 4 is 29.0 Å². The van der Waals surface area contributed by atoms with Crippen molar-refractivity contribution in [2.24, 2.45) is 5.41 Å². The minimum atomic E-state index is -4.57. The summed E-state index contributed by atoms with van der Waals surface area (Å²) in [5.74, 6) is 0.766. The Morgan fingerprint density at radius 2 is 1.98 bits per heavy atom. The van der Waals surface area contributed by atoms with Crippen molar-refractivity contribution in [3.8, 4) is 17.0 Å². The molecule has 228 valence electrons. The Balaban J connectivity index is 1.23. The quantitative estimate of drug-likeness (QED) is 0.305. The third-order valence-corrected chi connectivity index (χ3v) is 9.00. The van der Waals surface area contributed by atoms with Gasteiger partial charge in [0.25, 0.3) is 5.91 Å². The maximum Gasteiger partial charge on any atom is 0.416 e. The van der Waals surface area contributed by atoms with Crippen molar-refractivity contribution in [3.63, 3.8) is 0 Å². The molecule has 0 bridgehead atoms. The van der Waals surface area contributed by atoms with Crippen molar-refractivity contribution in [2.75, 3.05) is 24.2 Å². The average Bonchev–Trinajstić information content (AvgIpc) is 3.60. The minimum absolute atomic E-state index is 0.00675. The number of nitrogens with two attached hydrogens (primary N) is 1. The van der Waals surface area contributed by atoms with Crippen LogP contribution in [0, 0.1) is 5.41 Å². The number of benzene rings is 1. The van der Waals surface area contributed by atoms with E-state index in [-0.39, 0.29) is 47.1 Å². The van der Waals surface area contributed by atoms with Gasteiger partial charge in [0.05, 0.1) is 17.6 Å². The van der Waals surface area contributed by atoms with E-state index in [2.05, 4.69) is 15.3 Å². The molecule has 13 heteroatoms. The van der Waals surface area contributed by atoms with Crippen LogP contribution in [-0.2, 0) is 11.0 Å². The molecule has 3 fully saturated rings. The molecule has 0 radical (unpaired) electrons. The van der Waals surface area contributed by atoms with Crippen molar-refractivity contribution in [2.45, 2.75) is 57.2 Å². The fourth-order valence-corrected chi connectivity index (χ4v) is 6.67. The van der Waals surface area contributed by atoms with Gasteiger partial charge in [0, 0.05) is 48.2 Å². The molecule has 1 saturated carbocycles. The maximum absolute atomic E-state index is 13.2. The number of alkyl halides is 3. The van der Waals surface area contributed by atoms with Crippen molar-refractivity contribution < 1.29 is 27.5 Å². The summed E-state index contributed by atoms with van der Waals surface area (Å²) >= 11 is 0. The van der Waals surface area contributed by atoms with Gasteiger partial charge in [-0.25, -0.2) is 15.0 Å². The number of anilines is 2. The van der Waals surface area contributed by atoms with Gasteiger partial charge in [-0.1, -0.05) is 0 Å². The van der Waals surface area contributed by atoms with Gasteiger partial charge in [-0.3, -0.25) is 14.0 Å². The lowest BCUT2D eigenvalue weighted by Gasteiger charge is -2.34. The van der Waals surface area contributed by atoms with E-state index in [0.717, 1.165) is 56.3 Å². The molecule has 0 unspecified atom stereocenters. The highest BCUT2D eigenvalue weighted by Crippen LogP contribution is 2.58. The molecule has 7 rings (SSSR count). The lowest BCUT2D eigenvalue weighted by Crippen LogP contribution is -2.41. The number of halogens is 3. The Bertz CT molecular complexity index is 1800. The standard InChI is InChI=1S/C31H30F3N7O3/c1-2-44-22-13-17(28(42)38-23-14-19(7-10-36-23)31(32,33)34)4-6-21(22)24-25-26(35)37-11-12-40(25)27(39-24)18-3-5-20-15-30(8-9-30)29(43)41(20)16-18/h4,6-7,10-14,18,20H,2-3,5,8-9,15-16H2,1H3,(H2,35,37)(H,36,38,42)/t18-,20+/m0/s1. The zero-order valence-electron chi connectivity index (χ0n) is 23.9. The first-order valence-corrected chi connectivity index (χ1v) is 14.6. The van der Waals surface area contributed by atoms with Crippen LogP contribution in [-0.4, -0.2) is 55.3 Å². The normalized spacial score (nSPS) is 20.6. The van der Waals surface area contributed by atoms with Gasteiger partial charge in [-0.15, -0.1) is 0 Å². The van der Waals surface area contributed by atoms with Gasteiger partial charge in [0.15, 0.2) is 0 Å². The number of nitrogens with zero attached hydrogens (tertiary/aromatic N) is 5. The van der Waals surface area contributed by atoms with Gasteiger partial charge in [-0.2, -0.15) is 13.2 Å². The lowest BCUT2D eigenvalue weighted by molar-refractivity contribution is -0.137. The van der Waals surface area contributed by atoms with Gasteiger partial charge in [0.2, 0.25) is 5.91 Å². The van der Waals surface area contributed by atoms with Crippen LogP contribution in [0.2, 0.25) is 0 Å². The molecular weight excluding hydrogens is 575 g/mol. The minimum Gasteiger partial charge on any atom is -0.493 e. The molecular formula is C31H30F3N7O3. The number of ether oxygens (including phenoxy) is 1. The Morgan fingerprint density at radius 3 is 2.73 bits per heavy atom. The second kappa shape index (κ2) is 10.2. The van der Waals surface area contributed by atoms with Crippen molar-refractivity contribution in [1.82, 2.24) is 24.3 Å². The first kappa shape index (κ1) is 28.1. The Morgan fingerprint density at radius 1 is 1.16 bits per heavy atom. The Labute approximate surface area is 250 Å². The van der Waals surface area contributed by atoms with Crippen LogP contribution in [0.3, 0.4) is 0 Å². The number of hydrogen-bond acceptors (Lipinski definition) is 7. The summed E-state index contributed by atoms with van der Waals surface area (Å²) in [5.41, 5.74) is 7.18. The largest absolute Gasteiger partial charge is 0.493 e. The topological polar surface area (TPSA) is 128 Å². The van der Waals surface area contributed by atoms with Crippen LogP contribution >= 0.6 is 0 Å². The van der Waals surface area contributed by atoms with Crippen LogP contribution < -0.4 is 15.8 Å². The molecule has 44 heavy (non-hydrogen) atoms. The van der Waals surface area contributed by atoms with E-state index in [4.69, 9.17) is 15.5 Å². The highest BCUT2D eigenvalue weighted by molar-refractivity contribution is 6.04. The second-order valence-corrected chi connectivity index (χ2v) is 11.7. The van der Waals surface area contributed by atoms with E-state index in [1.807, 2.05) is 15.5 Å². The number of hydrogen-bond donors (Lipinski definition) is 2. The molecule has 2 atom stereocenters.